The average molecular weight is 331 g/mol. The molecule has 0 fully saturated rings. The van der Waals surface area contributed by atoms with E-state index in [4.69, 9.17) is 9.52 Å². The maximum atomic E-state index is 11.7. The van der Waals surface area contributed by atoms with Gasteiger partial charge in [-0.1, -0.05) is 24.6 Å². The zero-order chi connectivity index (χ0) is 17.2. The SMILES string of the molecule is O=C(O)CCCCCNC(=O)CCc1nnc(-c2ccccc2)o1. The predicted molar refractivity (Wildman–Crippen MR) is 87.2 cm³/mol. The fourth-order valence-electron chi connectivity index (χ4n) is 2.17. The first-order valence-corrected chi connectivity index (χ1v) is 8.01. The maximum absolute atomic E-state index is 11.7. The molecule has 2 N–H and O–H groups in total. The van der Waals surface area contributed by atoms with Gasteiger partial charge in [-0.2, -0.15) is 0 Å². The Balaban J connectivity index is 1.64. The number of carbonyl (C=O) groups excluding carboxylic acids is 1. The molecule has 0 radical (unpaired) electrons. The topological polar surface area (TPSA) is 105 Å². The Morgan fingerprint density at radius 2 is 1.83 bits per heavy atom. The van der Waals surface area contributed by atoms with Crippen molar-refractivity contribution in [1.82, 2.24) is 15.5 Å². The van der Waals surface area contributed by atoms with Crippen LogP contribution in [0.4, 0.5) is 0 Å². The minimum absolute atomic E-state index is 0.0762. The van der Waals surface area contributed by atoms with Gasteiger partial charge >= 0.3 is 5.97 Å². The molecule has 7 nitrogen and oxygen atoms in total. The highest BCUT2D eigenvalue weighted by Crippen LogP contribution is 2.17. The van der Waals surface area contributed by atoms with E-state index in [0.29, 0.717) is 31.2 Å². The summed E-state index contributed by atoms with van der Waals surface area (Å²) in [7, 11) is 0. The second kappa shape index (κ2) is 9.44. The number of rotatable bonds is 10. The van der Waals surface area contributed by atoms with Crippen LogP contribution >= 0.6 is 0 Å². The van der Waals surface area contributed by atoms with Crippen molar-refractivity contribution in [3.63, 3.8) is 0 Å². The standard InChI is InChI=1S/C17H21N3O4/c21-14(18-12-6-2-5-9-16(22)23)10-11-15-19-20-17(24-15)13-7-3-1-4-8-13/h1,3-4,7-8H,2,5-6,9-12H2,(H,18,21)(H,22,23). The lowest BCUT2D eigenvalue weighted by Crippen LogP contribution is -2.24. The van der Waals surface area contributed by atoms with Crippen LogP contribution < -0.4 is 5.32 Å². The molecular formula is C17H21N3O4. The Hall–Kier alpha value is -2.70. The van der Waals surface area contributed by atoms with Crippen molar-refractivity contribution in [2.24, 2.45) is 0 Å². The summed E-state index contributed by atoms with van der Waals surface area (Å²) in [5.74, 6) is 0.0241. The predicted octanol–water partition coefficient (Wildman–Crippen LogP) is 2.43. The van der Waals surface area contributed by atoms with Gasteiger partial charge in [-0.15, -0.1) is 10.2 Å². The van der Waals surface area contributed by atoms with Crippen molar-refractivity contribution in [3.05, 3.63) is 36.2 Å². The molecule has 1 aromatic heterocycles. The lowest BCUT2D eigenvalue weighted by Gasteiger charge is -2.03. The Bertz CT molecular complexity index is 655. The van der Waals surface area contributed by atoms with Crippen molar-refractivity contribution in [1.29, 1.82) is 0 Å². The second-order valence-electron chi connectivity index (χ2n) is 5.42. The zero-order valence-electron chi connectivity index (χ0n) is 13.4. The summed E-state index contributed by atoms with van der Waals surface area (Å²) in [6, 6.07) is 9.46. The van der Waals surface area contributed by atoms with E-state index in [1.807, 2.05) is 30.3 Å². The highest BCUT2D eigenvalue weighted by molar-refractivity contribution is 5.75. The molecule has 0 spiro atoms. The normalized spacial score (nSPS) is 10.5. The first-order chi connectivity index (χ1) is 11.6. The Kier molecular flexibility index (Phi) is 6.94. The molecule has 0 atom stereocenters. The molecule has 7 heteroatoms. The van der Waals surface area contributed by atoms with Crippen LogP contribution in [-0.4, -0.2) is 33.7 Å². The molecule has 2 aromatic rings. The summed E-state index contributed by atoms with van der Waals surface area (Å²) in [6.07, 6.45) is 3.05. The van der Waals surface area contributed by atoms with Crippen LogP contribution in [0.5, 0.6) is 0 Å². The lowest BCUT2D eigenvalue weighted by atomic mass is 10.2. The minimum atomic E-state index is -0.784. The van der Waals surface area contributed by atoms with Gasteiger partial charge in [-0.05, 0) is 25.0 Å². The van der Waals surface area contributed by atoms with Crippen LogP contribution in [0.2, 0.25) is 0 Å². The third kappa shape index (κ3) is 6.20. The highest BCUT2D eigenvalue weighted by atomic mass is 16.4. The second-order valence-corrected chi connectivity index (χ2v) is 5.42. The smallest absolute Gasteiger partial charge is 0.303 e. The molecule has 0 aliphatic carbocycles. The molecule has 0 bridgehead atoms. The van der Waals surface area contributed by atoms with Crippen molar-refractivity contribution >= 4 is 11.9 Å². The molecule has 0 saturated carbocycles. The fraction of sp³-hybridized carbons (Fsp3) is 0.412. The molecule has 2 rings (SSSR count). The molecule has 1 aromatic carbocycles. The number of hydrogen-bond acceptors (Lipinski definition) is 5. The Morgan fingerprint density at radius 3 is 2.58 bits per heavy atom. The molecule has 24 heavy (non-hydrogen) atoms. The maximum Gasteiger partial charge on any atom is 0.303 e. The molecular weight excluding hydrogens is 310 g/mol. The molecule has 1 heterocycles. The number of aryl methyl sites for hydroxylation is 1. The number of amides is 1. The third-order valence-corrected chi connectivity index (χ3v) is 3.44. The van der Waals surface area contributed by atoms with Crippen molar-refractivity contribution in [2.45, 2.75) is 38.5 Å². The van der Waals surface area contributed by atoms with Gasteiger partial charge in [-0.3, -0.25) is 9.59 Å². The summed E-state index contributed by atoms with van der Waals surface area (Å²) < 4.78 is 5.54. The number of aromatic nitrogens is 2. The van der Waals surface area contributed by atoms with E-state index in [1.165, 1.54) is 0 Å². The van der Waals surface area contributed by atoms with Gasteiger partial charge in [0.05, 0.1) is 0 Å². The van der Waals surface area contributed by atoms with Crippen molar-refractivity contribution in [3.8, 4) is 11.5 Å². The number of hydrogen-bond donors (Lipinski definition) is 2. The van der Waals surface area contributed by atoms with E-state index in [0.717, 1.165) is 18.4 Å². The Morgan fingerprint density at radius 1 is 1.04 bits per heavy atom. The van der Waals surface area contributed by atoms with E-state index < -0.39 is 5.97 Å². The van der Waals surface area contributed by atoms with Gasteiger partial charge in [0, 0.05) is 31.4 Å². The van der Waals surface area contributed by atoms with Gasteiger partial charge in [0.1, 0.15) is 0 Å². The van der Waals surface area contributed by atoms with E-state index >= 15 is 0 Å². The van der Waals surface area contributed by atoms with Gasteiger partial charge < -0.3 is 14.8 Å². The summed E-state index contributed by atoms with van der Waals surface area (Å²) in [5, 5.41) is 19.3. The number of aliphatic carboxylic acids is 1. The quantitative estimate of drug-likeness (QED) is 0.648. The molecule has 0 aliphatic heterocycles. The lowest BCUT2D eigenvalue weighted by molar-refractivity contribution is -0.137. The van der Waals surface area contributed by atoms with E-state index in [1.54, 1.807) is 0 Å². The number of benzene rings is 1. The molecule has 128 valence electrons. The largest absolute Gasteiger partial charge is 0.481 e. The highest BCUT2D eigenvalue weighted by Gasteiger charge is 2.10. The number of nitrogens with zero attached hydrogens (tertiary/aromatic N) is 2. The monoisotopic (exact) mass is 331 g/mol. The van der Waals surface area contributed by atoms with Gasteiger partial charge in [0.2, 0.25) is 17.7 Å². The number of carboxylic acid groups (broad SMARTS) is 1. The van der Waals surface area contributed by atoms with Crippen LogP contribution in [0.1, 0.15) is 38.0 Å². The van der Waals surface area contributed by atoms with E-state index in [9.17, 15) is 9.59 Å². The van der Waals surface area contributed by atoms with Gasteiger partial charge in [0.15, 0.2) is 0 Å². The summed E-state index contributed by atoms with van der Waals surface area (Å²) >= 11 is 0. The van der Waals surface area contributed by atoms with Crippen LogP contribution in [-0.2, 0) is 16.0 Å². The van der Waals surface area contributed by atoms with E-state index in [-0.39, 0.29) is 18.7 Å². The van der Waals surface area contributed by atoms with Gasteiger partial charge in [0.25, 0.3) is 0 Å². The summed E-state index contributed by atoms with van der Waals surface area (Å²) in [6.45, 7) is 0.553. The van der Waals surface area contributed by atoms with Crippen molar-refractivity contribution < 1.29 is 19.1 Å². The fourth-order valence-corrected chi connectivity index (χ4v) is 2.17. The zero-order valence-corrected chi connectivity index (χ0v) is 13.4. The number of unbranched alkanes of at least 4 members (excludes halogenated alkanes) is 2. The third-order valence-electron chi connectivity index (χ3n) is 3.44. The molecule has 0 unspecified atom stereocenters. The van der Waals surface area contributed by atoms with E-state index in [2.05, 4.69) is 15.5 Å². The summed E-state index contributed by atoms with van der Waals surface area (Å²) in [5.41, 5.74) is 0.849. The minimum Gasteiger partial charge on any atom is -0.481 e. The molecule has 0 saturated heterocycles. The van der Waals surface area contributed by atoms with Crippen LogP contribution in [0.25, 0.3) is 11.5 Å². The van der Waals surface area contributed by atoms with Gasteiger partial charge in [-0.25, -0.2) is 0 Å². The van der Waals surface area contributed by atoms with Crippen molar-refractivity contribution in [2.75, 3.05) is 6.54 Å². The summed E-state index contributed by atoms with van der Waals surface area (Å²) in [4.78, 5) is 22.1. The first kappa shape index (κ1) is 17.7. The number of carboxylic acids is 1. The van der Waals surface area contributed by atoms with Crippen LogP contribution in [0.3, 0.4) is 0 Å². The Labute approximate surface area is 140 Å². The number of carbonyl (C=O) groups is 2. The molecule has 0 aliphatic rings. The number of nitrogens with one attached hydrogen (secondary N) is 1. The molecule has 1 amide bonds. The van der Waals surface area contributed by atoms with Crippen LogP contribution in [0, 0.1) is 0 Å². The first-order valence-electron chi connectivity index (χ1n) is 8.01. The van der Waals surface area contributed by atoms with Crippen LogP contribution in [0.15, 0.2) is 34.7 Å². The average Bonchev–Trinajstić information content (AvgIpc) is 3.06.